The monoisotopic (exact) mass is 304 g/mol. The zero-order valence-electron chi connectivity index (χ0n) is 13.5. The van der Waals surface area contributed by atoms with E-state index >= 15 is 0 Å². The molecule has 0 aromatic carbocycles. The summed E-state index contributed by atoms with van der Waals surface area (Å²) in [4.78, 5) is 24.3. The van der Waals surface area contributed by atoms with Crippen LogP contribution in [0.5, 0.6) is 0 Å². The van der Waals surface area contributed by atoms with Crippen molar-refractivity contribution in [1.82, 2.24) is 9.72 Å². The fourth-order valence-corrected chi connectivity index (χ4v) is 2.63. The van der Waals surface area contributed by atoms with Crippen LogP contribution in [0.4, 0.5) is 0 Å². The molecule has 2 aromatic rings. The van der Waals surface area contributed by atoms with Gasteiger partial charge in [-0.25, -0.2) is 4.79 Å². The van der Waals surface area contributed by atoms with Crippen LogP contribution in [0.3, 0.4) is 0 Å². The molecule has 2 heterocycles. The number of carbonyl (C=O) groups is 2. The van der Waals surface area contributed by atoms with Crippen LogP contribution in [0.1, 0.15) is 50.5 Å². The Morgan fingerprint density at radius 3 is 2.45 bits per heavy atom. The lowest BCUT2D eigenvalue weighted by molar-refractivity contribution is 0.0472. The fraction of sp³-hybridized carbons (Fsp3) is 0.438. The van der Waals surface area contributed by atoms with Gasteiger partial charge in [-0.2, -0.15) is 0 Å². The van der Waals surface area contributed by atoms with E-state index in [9.17, 15) is 9.59 Å². The van der Waals surface area contributed by atoms with Gasteiger partial charge in [-0.3, -0.25) is 4.79 Å². The van der Waals surface area contributed by atoms with E-state index in [-0.39, 0.29) is 18.0 Å². The van der Waals surface area contributed by atoms with Gasteiger partial charge < -0.3 is 13.8 Å². The van der Waals surface area contributed by atoms with Crippen LogP contribution in [0.15, 0.2) is 10.6 Å². The summed E-state index contributed by atoms with van der Waals surface area (Å²) >= 11 is 0. The van der Waals surface area contributed by atoms with Gasteiger partial charge in [0.15, 0.2) is 6.61 Å². The second kappa shape index (κ2) is 6.17. The maximum atomic E-state index is 12.3. The highest BCUT2D eigenvalue weighted by Gasteiger charge is 2.21. The van der Waals surface area contributed by atoms with E-state index in [2.05, 4.69) is 5.16 Å². The highest BCUT2D eigenvalue weighted by Crippen LogP contribution is 2.17. The summed E-state index contributed by atoms with van der Waals surface area (Å²) in [5, 5.41) is 3.70. The summed E-state index contributed by atoms with van der Waals surface area (Å²) in [7, 11) is 0. The van der Waals surface area contributed by atoms with E-state index in [1.807, 2.05) is 31.4 Å². The first-order chi connectivity index (χ1) is 10.4. The summed E-state index contributed by atoms with van der Waals surface area (Å²) < 4.78 is 12.1. The molecule has 6 heteroatoms. The van der Waals surface area contributed by atoms with Crippen molar-refractivity contribution >= 4 is 11.8 Å². The molecule has 0 spiro atoms. The van der Waals surface area contributed by atoms with Crippen molar-refractivity contribution in [3.05, 3.63) is 40.0 Å². The molecule has 22 heavy (non-hydrogen) atoms. The van der Waals surface area contributed by atoms with Gasteiger partial charge in [-0.05, 0) is 40.7 Å². The number of ketones is 1. The van der Waals surface area contributed by atoms with Gasteiger partial charge in [0.1, 0.15) is 11.3 Å². The van der Waals surface area contributed by atoms with Gasteiger partial charge >= 0.3 is 5.97 Å². The molecule has 0 fully saturated rings. The third kappa shape index (κ3) is 2.81. The van der Waals surface area contributed by atoms with Crippen molar-refractivity contribution in [2.24, 2.45) is 0 Å². The van der Waals surface area contributed by atoms with Crippen molar-refractivity contribution in [3.8, 4) is 0 Å². The molecule has 0 aliphatic carbocycles. The SMILES string of the molecule is CCn1c(C)cc(C(=O)COC(=O)c2c(C)noc2C)c1C. The smallest absolute Gasteiger partial charge is 0.344 e. The molecule has 0 amide bonds. The van der Waals surface area contributed by atoms with Crippen LogP contribution >= 0.6 is 0 Å². The Morgan fingerprint density at radius 1 is 1.27 bits per heavy atom. The molecule has 0 bridgehead atoms. The standard InChI is InChI=1S/C16H20N2O4/c1-6-18-9(2)7-13(11(18)4)14(19)8-21-16(20)15-10(3)17-22-12(15)5/h7H,6,8H2,1-5H3. The van der Waals surface area contributed by atoms with Gasteiger partial charge in [0, 0.05) is 23.5 Å². The average Bonchev–Trinajstić information content (AvgIpc) is 2.95. The topological polar surface area (TPSA) is 74.3 Å². The van der Waals surface area contributed by atoms with E-state index in [0.717, 1.165) is 17.9 Å². The van der Waals surface area contributed by atoms with E-state index in [1.165, 1.54) is 0 Å². The van der Waals surface area contributed by atoms with Crippen LogP contribution in [-0.2, 0) is 11.3 Å². The van der Waals surface area contributed by atoms with Crippen LogP contribution in [0, 0.1) is 27.7 Å². The number of nitrogens with zero attached hydrogens (tertiary/aromatic N) is 2. The van der Waals surface area contributed by atoms with E-state index < -0.39 is 5.97 Å². The molecule has 0 atom stereocenters. The van der Waals surface area contributed by atoms with Crippen LogP contribution in [-0.4, -0.2) is 28.1 Å². The van der Waals surface area contributed by atoms with E-state index in [4.69, 9.17) is 9.26 Å². The van der Waals surface area contributed by atoms with E-state index in [0.29, 0.717) is 17.0 Å². The normalized spacial score (nSPS) is 10.8. The zero-order chi connectivity index (χ0) is 16.4. The number of hydrogen-bond acceptors (Lipinski definition) is 5. The van der Waals surface area contributed by atoms with Gasteiger partial charge in [-0.1, -0.05) is 5.16 Å². The van der Waals surface area contributed by atoms with Crippen molar-refractivity contribution in [2.75, 3.05) is 6.61 Å². The number of carbonyl (C=O) groups excluding carboxylic acids is 2. The maximum absolute atomic E-state index is 12.3. The molecule has 118 valence electrons. The third-order valence-corrected chi connectivity index (χ3v) is 3.76. The first-order valence-electron chi connectivity index (χ1n) is 7.16. The lowest BCUT2D eigenvalue weighted by Crippen LogP contribution is -2.16. The van der Waals surface area contributed by atoms with Crippen LogP contribution in [0.2, 0.25) is 0 Å². The zero-order valence-corrected chi connectivity index (χ0v) is 13.5. The third-order valence-electron chi connectivity index (χ3n) is 3.76. The molecule has 0 unspecified atom stereocenters. The molecule has 0 aliphatic rings. The summed E-state index contributed by atoms with van der Waals surface area (Å²) in [6.45, 7) is 9.65. The molecule has 0 saturated carbocycles. The summed E-state index contributed by atoms with van der Waals surface area (Å²) in [6.07, 6.45) is 0. The van der Waals surface area contributed by atoms with Gasteiger partial charge in [0.25, 0.3) is 0 Å². The Kier molecular flexibility index (Phi) is 4.49. The van der Waals surface area contributed by atoms with Crippen LogP contribution in [0.25, 0.3) is 0 Å². The molecule has 2 rings (SSSR count). The molecule has 0 radical (unpaired) electrons. The number of aryl methyl sites for hydroxylation is 3. The molecular formula is C16H20N2O4. The second-order valence-electron chi connectivity index (χ2n) is 5.23. The molecule has 0 N–H and O–H groups in total. The largest absolute Gasteiger partial charge is 0.454 e. The number of aromatic nitrogens is 2. The minimum absolute atomic E-state index is 0.215. The quantitative estimate of drug-likeness (QED) is 0.627. The van der Waals surface area contributed by atoms with Gasteiger partial charge in [0.05, 0.1) is 5.69 Å². The number of Topliss-reactive ketones (excluding diaryl/α,β-unsaturated/α-hetero) is 1. The molecule has 0 saturated heterocycles. The molecule has 0 aliphatic heterocycles. The van der Waals surface area contributed by atoms with Gasteiger partial charge in [0.2, 0.25) is 5.78 Å². The second-order valence-corrected chi connectivity index (χ2v) is 5.23. The maximum Gasteiger partial charge on any atom is 0.344 e. The number of hydrogen-bond donors (Lipinski definition) is 0. The lowest BCUT2D eigenvalue weighted by atomic mass is 10.1. The Morgan fingerprint density at radius 2 is 1.95 bits per heavy atom. The fourth-order valence-electron chi connectivity index (χ4n) is 2.63. The first-order valence-corrected chi connectivity index (χ1v) is 7.16. The molecule has 2 aromatic heterocycles. The minimum Gasteiger partial charge on any atom is -0.454 e. The predicted octanol–water partition coefficient (Wildman–Crippen LogP) is 2.77. The Bertz CT molecular complexity index is 705. The predicted molar refractivity (Wildman–Crippen MR) is 80.2 cm³/mol. The average molecular weight is 304 g/mol. The Hall–Kier alpha value is -2.37. The minimum atomic E-state index is -0.589. The Labute approximate surface area is 129 Å². The van der Waals surface area contributed by atoms with Crippen LogP contribution < -0.4 is 0 Å². The van der Waals surface area contributed by atoms with Gasteiger partial charge in [-0.15, -0.1) is 0 Å². The summed E-state index contributed by atoms with van der Waals surface area (Å²) in [5.41, 5.74) is 3.23. The van der Waals surface area contributed by atoms with Crippen molar-refractivity contribution in [2.45, 2.75) is 41.2 Å². The summed E-state index contributed by atoms with van der Waals surface area (Å²) in [5.74, 6) is -0.416. The summed E-state index contributed by atoms with van der Waals surface area (Å²) in [6, 6.07) is 1.82. The number of esters is 1. The van der Waals surface area contributed by atoms with Crippen molar-refractivity contribution in [1.29, 1.82) is 0 Å². The highest BCUT2D eigenvalue weighted by molar-refractivity contribution is 6.00. The highest BCUT2D eigenvalue weighted by atomic mass is 16.5. The molecular weight excluding hydrogens is 284 g/mol. The molecule has 6 nitrogen and oxygen atoms in total. The Balaban J connectivity index is 2.09. The van der Waals surface area contributed by atoms with E-state index in [1.54, 1.807) is 13.8 Å². The van der Waals surface area contributed by atoms with Crippen molar-refractivity contribution < 1.29 is 18.8 Å². The number of ether oxygens (including phenoxy) is 1. The lowest BCUT2D eigenvalue weighted by Gasteiger charge is -2.06. The number of rotatable bonds is 5. The van der Waals surface area contributed by atoms with Crippen molar-refractivity contribution in [3.63, 3.8) is 0 Å². The first kappa shape index (κ1) is 16.0.